The molecule has 2 aromatic rings. The van der Waals surface area contributed by atoms with E-state index in [1.807, 2.05) is 26.0 Å². The van der Waals surface area contributed by atoms with E-state index in [1.54, 1.807) is 12.3 Å². The maximum atomic E-state index is 12.5. The van der Waals surface area contributed by atoms with Crippen LogP contribution in [0.4, 0.5) is 11.6 Å². The molecule has 1 amide bonds. The third-order valence-corrected chi connectivity index (χ3v) is 4.69. The lowest BCUT2D eigenvalue weighted by Crippen LogP contribution is -2.31. The quantitative estimate of drug-likeness (QED) is 0.914. The molecule has 1 aliphatic heterocycles. The van der Waals surface area contributed by atoms with Gasteiger partial charge in [-0.2, -0.15) is 0 Å². The number of halogens is 1. The summed E-state index contributed by atoms with van der Waals surface area (Å²) in [6.07, 6.45) is 5.20. The molecule has 0 unspecified atom stereocenters. The van der Waals surface area contributed by atoms with Gasteiger partial charge in [-0.05, 0) is 50.8 Å². The number of amides is 1. The fourth-order valence-electron chi connectivity index (χ4n) is 2.79. The van der Waals surface area contributed by atoms with E-state index in [0.29, 0.717) is 27.9 Å². The largest absolute Gasteiger partial charge is 0.341 e. The van der Waals surface area contributed by atoms with Crippen LogP contribution in [-0.2, 0) is 0 Å². The zero-order valence-electron chi connectivity index (χ0n) is 14.0. The predicted octanol–water partition coefficient (Wildman–Crippen LogP) is 3.99. The van der Waals surface area contributed by atoms with Gasteiger partial charge in [0.1, 0.15) is 0 Å². The molecule has 5 nitrogen and oxygen atoms in total. The van der Waals surface area contributed by atoms with Crippen LogP contribution in [0.5, 0.6) is 0 Å². The lowest BCUT2D eigenvalue weighted by molar-refractivity contribution is 0.102. The molecule has 0 atom stereocenters. The second-order valence-corrected chi connectivity index (χ2v) is 6.54. The fourth-order valence-corrected chi connectivity index (χ4v) is 2.97. The molecule has 1 aromatic carbocycles. The van der Waals surface area contributed by atoms with Crippen molar-refractivity contribution in [1.29, 1.82) is 0 Å². The number of aryl methyl sites for hydroxylation is 2. The maximum Gasteiger partial charge on any atom is 0.259 e. The van der Waals surface area contributed by atoms with Crippen LogP contribution in [0.25, 0.3) is 0 Å². The highest BCUT2D eigenvalue weighted by Gasteiger charge is 2.17. The Morgan fingerprint density at radius 3 is 2.62 bits per heavy atom. The van der Waals surface area contributed by atoms with E-state index in [4.69, 9.17) is 11.6 Å². The minimum atomic E-state index is -0.224. The molecule has 24 heavy (non-hydrogen) atoms. The molecule has 126 valence electrons. The first-order chi connectivity index (χ1) is 11.5. The van der Waals surface area contributed by atoms with Gasteiger partial charge in [-0.3, -0.25) is 4.79 Å². The number of hydrogen-bond donors (Lipinski definition) is 1. The molecule has 1 fully saturated rings. The molecule has 1 aromatic heterocycles. The highest BCUT2D eigenvalue weighted by molar-refractivity contribution is 6.31. The van der Waals surface area contributed by atoms with Crippen molar-refractivity contribution in [3.8, 4) is 0 Å². The zero-order chi connectivity index (χ0) is 17.1. The third kappa shape index (κ3) is 3.67. The number of aromatic nitrogens is 2. The van der Waals surface area contributed by atoms with Gasteiger partial charge in [0.25, 0.3) is 5.91 Å². The molecule has 6 heteroatoms. The second-order valence-electron chi connectivity index (χ2n) is 6.13. The molecule has 0 bridgehead atoms. The summed E-state index contributed by atoms with van der Waals surface area (Å²) in [4.78, 5) is 23.6. The average molecular weight is 345 g/mol. The van der Waals surface area contributed by atoms with E-state index < -0.39 is 0 Å². The van der Waals surface area contributed by atoms with Crippen molar-refractivity contribution in [2.75, 3.05) is 23.3 Å². The molecule has 0 saturated carbocycles. The van der Waals surface area contributed by atoms with Crippen LogP contribution in [0.15, 0.2) is 24.4 Å². The highest BCUT2D eigenvalue weighted by Crippen LogP contribution is 2.21. The van der Waals surface area contributed by atoms with Gasteiger partial charge in [0.2, 0.25) is 5.95 Å². The SMILES string of the molecule is Cc1ccc(NC(=O)c2cnc(N3CCCCC3)nc2C)cc1Cl. The Kier molecular flexibility index (Phi) is 5.00. The summed E-state index contributed by atoms with van der Waals surface area (Å²) in [6, 6.07) is 5.45. The van der Waals surface area contributed by atoms with Gasteiger partial charge >= 0.3 is 0 Å². The summed E-state index contributed by atoms with van der Waals surface area (Å²) < 4.78 is 0. The number of rotatable bonds is 3. The van der Waals surface area contributed by atoms with Crippen LogP contribution in [0.3, 0.4) is 0 Å². The maximum absolute atomic E-state index is 12.5. The lowest BCUT2D eigenvalue weighted by atomic mass is 10.1. The summed E-state index contributed by atoms with van der Waals surface area (Å²) in [6.45, 7) is 5.72. The van der Waals surface area contributed by atoms with Crippen molar-refractivity contribution in [1.82, 2.24) is 9.97 Å². The molecule has 2 heterocycles. The van der Waals surface area contributed by atoms with Crippen LogP contribution in [-0.4, -0.2) is 29.0 Å². The molecule has 3 rings (SSSR count). The van der Waals surface area contributed by atoms with Crippen LogP contribution in [0.1, 0.15) is 40.9 Å². The first-order valence-corrected chi connectivity index (χ1v) is 8.58. The molecule has 0 radical (unpaired) electrons. The molecule has 1 N–H and O–H groups in total. The molecule has 1 aliphatic rings. The third-order valence-electron chi connectivity index (χ3n) is 4.28. The molecular formula is C18H21ClN4O. The first kappa shape index (κ1) is 16.7. The second kappa shape index (κ2) is 7.18. The van der Waals surface area contributed by atoms with Gasteiger partial charge in [-0.1, -0.05) is 17.7 Å². The first-order valence-electron chi connectivity index (χ1n) is 8.20. The van der Waals surface area contributed by atoms with E-state index in [0.717, 1.165) is 18.7 Å². The number of carbonyl (C=O) groups is 1. The van der Waals surface area contributed by atoms with E-state index in [2.05, 4.69) is 20.2 Å². The topological polar surface area (TPSA) is 58.1 Å². The Hall–Kier alpha value is -2.14. The Labute approximate surface area is 147 Å². The molecule has 0 aliphatic carbocycles. The summed E-state index contributed by atoms with van der Waals surface area (Å²) in [5.41, 5.74) is 2.80. The van der Waals surface area contributed by atoms with Crippen molar-refractivity contribution in [3.05, 3.63) is 46.2 Å². The van der Waals surface area contributed by atoms with Crippen molar-refractivity contribution in [2.24, 2.45) is 0 Å². The number of piperidine rings is 1. The van der Waals surface area contributed by atoms with Crippen LogP contribution in [0.2, 0.25) is 5.02 Å². The number of nitrogens with one attached hydrogen (secondary N) is 1. The van der Waals surface area contributed by atoms with Crippen LogP contribution >= 0.6 is 11.6 Å². The van der Waals surface area contributed by atoms with Crippen molar-refractivity contribution < 1.29 is 4.79 Å². The minimum absolute atomic E-state index is 0.224. The average Bonchev–Trinajstić information content (AvgIpc) is 2.59. The Bertz CT molecular complexity index is 757. The van der Waals surface area contributed by atoms with Gasteiger partial charge < -0.3 is 10.2 Å². The smallest absolute Gasteiger partial charge is 0.259 e. The van der Waals surface area contributed by atoms with E-state index in [9.17, 15) is 4.79 Å². The summed E-state index contributed by atoms with van der Waals surface area (Å²) in [5, 5.41) is 3.48. The van der Waals surface area contributed by atoms with E-state index in [-0.39, 0.29) is 5.91 Å². The summed E-state index contributed by atoms with van der Waals surface area (Å²) in [7, 11) is 0. The number of nitrogens with zero attached hydrogens (tertiary/aromatic N) is 3. The Morgan fingerprint density at radius 2 is 1.96 bits per heavy atom. The number of anilines is 2. The Balaban J connectivity index is 1.75. The molecular weight excluding hydrogens is 324 g/mol. The van der Waals surface area contributed by atoms with Crippen LogP contribution in [0, 0.1) is 13.8 Å². The van der Waals surface area contributed by atoms with Crippen molar-refractivity contribution >= 4 is 29.1 Å². The predicted molar refractivity (Wildman–Crippen MR) is 97.0 cm³/mol. The fraction of sp³-hybridized carbons (Fsp3) is 0.389. The van der Waals surface area contributed by atoms with Crippen molar-refractivity contribution in [3.63, 3.8) is 0 Å². The van der Waals surface area contributed by atoms with Gasteiger partial charge in [-0.25, -0.2) is 9.97 Å². The zero-order valence-corrected chi connectivity index (χ0v) is 14.7. The monoisotopic (exact) mass is 344 g/mol. The lowest BCUT2D eigenvalue weighted by Gasteiger charge is -2.26. The van der Waals surface area contributed by atoms with Crippen molar-refractivity contribution in [2.45, 2.75) is 33.1 Å². The van der Waals surface area contributed by atoms with Gasteiger partial charge in [0, 0.05) is 30.0 Å². The number of benzene rings is 1. The van der Waals surface area contributed by atoms with Crippen LogP contribution < -0.4 is 10.2 Å². The van der Waals surface area contributed by atoms with Gasteiger partial charge in [-0.15, -0.1) is 0 Å². The summed E-state index contributed by atoms with van der Waals surface area (Å²) in [5.74, 6) is 0.486. The van der Waals surface area contributed by atoms with E-state index >= 15 is 0 Å². The Morgan fingerprint density at radius 1 is 1.21 bits per heavy atom. The summed E-state index contributed by atoms with van der Waals surface area (Å²) >= 11 is 6.10. The van der Waals surface area contributed by atoms with E-state index in [1.165, 1.54) is 19.3 Å². The van der Waals surface area contributed by atoms with Gasteiger partial charge in [0.15, 0.2) is 0 Å². The standard InChI is InChI=1S/C18H21ClN4O/c1-12-6-7-14(10-16(12)19)22-17(24)15-11-20-18(21-13(15)2)23-8-4-3-5-9-23/h6-7,10-11H,3-5,8-9H2,1-2H3,(H,22,24). The normalized spacial score (nSPS) is 14.5. The van der Waals surface area contributed by atoms with Gasteiger partial charge in [0.05, 0.1) is 11.3 Å². The highest BCUT2D eigenvalue weighted by atomic mass is 35.5. The molecule has 1 saturated heterocycles. The molecule has 0 spiro atoms. The minimum Gasteiger partial charge on any atom is -0.341 e. The number of carbonyl (C=O) groups excluding carboxylic acids is 1. The number of hydrogen-bond acceptors (Lipinski definition) is 4.